The highest BCUT2D eigenvalue weighted by Gasteiger charge is 2.26. The summed E-state index contributed by atoms with van der Waals surface area (Å²) in [5, 5.41) is 9.14. The van der Waals surface area contributed by atoms with Crippen LogP contribution in [0.5, 0.6) is 0 Å². The Morgan fingerprint density at radius 3 is 2.69 bits per heavy atom. The first-order chi connectivity index (χ1) is 12.3. The molecule has 0 saturated heterocycles. The molecule has 3 rings (SSSR count). The summed E-state index contributed by atoms with van der Waals surface area (Å²) in [7, 11) is 0. The van der Waals surface area contributed by atoms with Crippen LogP contribution in [-0.2, 0) is 11.2 Å². The first-order valence-corrected chi connectivity index (χ1v) is 9.40. The van der Waals surface area contributed by atoms with E-state index in [1.165, 1.54) is 6.07 Å². The molecule has 2 aromatic rings. The Morgan fingerprint density at radius 1 is 1.38 bits per heavy atom. The van der Waals surface area contributed by atoms with E-state index in [2.05, 4.69) is 30.3 Å². The highest BCUT2D eigenvalue weighted by molar-refractivity contribution is 5.79. The van der Waals surface area contributed by atoms with Gasteiger partial charge in [0.05, 0.1) is 17.1 Å². The van der Waals surface area contributed by atoms with Gasteiger partial charge in [0.25, 0.3) is 0 Å². The Labute approximate surface area is 154 Å². The lowest BCUT2D eigenvalue weighted by Crippen LogP contribution is -2.19. The topological polar surface area (TPSA) is 58.7 Å². The number of fused-ring (bicyclic) bond motifs is 1. The Bertz CT molecular complexity index is 866. The summed E-state index contributed by atoms with van der Waals surface area (Å²) in [6, 6.07) is 5.33. The lowest BCUT2D eigenvalue weighted by Gasteiger charge is -2.29. The lowest BCUT2D eigenvalue weighted by molar-refractivity contribution is -0.120. The molecule has 0 spiro atoms. The number of nitriles is 1. The fourth-order valence-electron chi connectivity index (χ4n) is 3.62. The number of imidazole rings is 1. The molecule has 138 valence electrons. The van der Waals surface area contributed by atoms with Crippen molar-refractivity contribution in [1.82, 2.24) is 9.55 Å². The molecule has 5 heteroatoms. The summed E-state index contributed by atoms with van der Waals surface area (Å²) >= 11 is 0. The minimum absolute atomic E-state index is 0.00693. The van der Waals surface area contributed by atoms with Crippen LogP contribution < -0.4 is 0 Å². The van der Waals surface area contributed by atoms with E-state index in [4.69, 9.17) is 5.26 Å². The van der Waals surface area contributed by atoms with Gasteiger partial charge >= 0.3 is 0 Å². The standard InChI is InChI=1S/C21H26FN3O/c1-21(2,3)12-16(26)8-5-9-19-24-20-17(22)10-14(13-23)11-18(20)25(19)15-6-4-7-15/h10-11,15H,4-9,12H2,1-3H3. The predicted octanol–water partition coefficient (Wildman–Crippen LogP) is 5.10. The van der Waals surface area contributed by atoms with Crippen molar-refractivity contribution in [2.75, 3.05) is 0 Å². The first-order valence-electron chi connectivity index (χ1n) is 9.40. The molecule has 26 heavy (non-hydrogen) atoms. The predicted molar refractivity (Wildman–Crippen MR) is 99.3 cm³/mol. The molecule has 1 aromatic heterocycles. The maximum Gasteiger partial charge on any atom is 0.152 e. The number of benzene rings is 1. The number of Topliss-reactive ketones (excluding diaryl/α,β-unsaturated/α-hetero) is 1. The van der Waals surface area contributed by atoms with Gasteiger partial charge in [0, 0.05) is 25.3 Å². The van der Waals surface area contributed by atoms with Gasteiger partial charge in [-0.15, -0.1) is 0 Å². The van der Waals surface area contributed by atoms with Crippen LogP contribution in [0.2, 0.25) is 0 Å². The number of rotatable bonds is 6. The van der Waals surface area contributed by atoms with E-state index in [0.717, 1.165) is 31.5 Å². The minimum Gasteiger partial charge on any atom is -0.325 e. The number of hydrogen-bond acceptors (Lipinski definition) is 3. The summed E-state index contributed by atoms with van der Waals surface area (Å²) in [5.41, 5.74) is 1.38. The molecule has 1 aliphatic carbocycles. The Morgan fingerprint density at radius 2 is 2.12 bits per heavy atom. The van der Waals surface area contributed by atoms with E-state index in [1.54, 1.807) is 6.07 Å². The van der Waals surface area contributed by atoms with Gasteiger partial charge in [-0.2, -0.15) is 5.26 Å². The number of nitrogens with zero attached hydrogens (tertiary/aromatic N) is 3. The van der Waals surface area contributed by atoms with Crippen molar-refractivity contribution in [1.29, 1.82) is 5.26 Å². The molecule has 0 aliphatic heterocycles. The van der Waals surface area contributed by atoms with Crippen LogP contribution in [-0.4, -0.2) is 15.3 Å². The molecule has 4 nitrogen and oxygen atoms in total. The average Bonchev–Trinajstić information content (AvgIpc) is 2.83. The molecule has 0 atom stereocenters. The molecular formula is C21H26FN3O. The summed E-state index contributed by atoms with van der Waals surface area (Å²) in [4.78, 5) is 16.7. The highest BCUT2D eigenvalue weighted by atomic mass is 19.1. The Hall–Kier alpha value is -2.22. The van der Waals surface area contributed by atoms with E-state index in [9.17, 15) is 9.18 Å². The van der Waals surface area contributed by atoms with Crippen LogP contribution in [0.15, 0.2) is 12.1 Å². The third-order valence-corrected chi connectivity index (χ3v) is 4.97. The van der Waals surface area contributed by atoms with Crippen LogP contribution >= 0.6 is 0 Å². The van der Waals surface area contributed by atoms with Crippen molar-refractivity contribution in [3.8, 4) is 6.07 Å². The lowest BCUT2D eigenvalue weighted by atomic mass is 9.88. The largest absolute Gasteiger partial charge is 0.325 e. The molecule has 1 fully saturated rings. The van der Waals surface area contributed by atoms with E-state index in [-0.39, 0.29) is 11.2 Å². The fraction of sp³-hybridized carbons (Fsp3) is 0.571. The summed E-state index contributed by atoms with van der Waals surface area (Å²) < 4.78 is 16.5. The number of ketones is 1. The highest BCUT2D eigenvalue weighted by Crippen LogP contribution is 2.36. The molecule has 1 saturated carbocycles. The van der Waals surface area contributed by atoms with Crippen molar-refractivity contribution in [3.63, 3.8) is 0 Å². The quantitative estimate of drug-likeness (QED) is 0.724. The SMILES string of the molecule is CC(C)(C)CC(=O)CCCc1nc2c(F)cc(C#N)cc2n1C1CCC1. The van der Waals surface area contributed by atoms with Gasteiger partial charge in [0.1, 0.15) is 17.1 Å². The van der Waals surface area contributed by atoms with Crippen molar-refractivity contribution in [3.05, 3.63) is 29.3 Å². The van der Waals surface area contributed by atoms with E-state index in [1.807, 2.05) is 6.07 Å². The Kier molecular flexibility index (Phi) is 5.13. The van der Waals surface area contributed by atoms with Crippen LogP contribution in [0, 0.1) is 22.6 Å². The zero-order chi connectivity index (χ0) is 18.9. The second kappa shape index (κ2) is 7.19. The third kappa shape index (κ3) is 3.95. The first kappa shape index (κ1) is 18.6. The van der Waals surface area contributed by atoms with Gasteiger partial charge in [-0.3, -0.25) is 4.79 Å². The Balaban J connectivity index is 1.82. The number of halogens is 1. The zero-order valence-electron chi connectivity index (χ0n) is 15.8. The van der Waals surface area contributed by atoms with Gasteiger partial charge < -0.3 is 4.57 Å². The molecule has 0 unspecified atom stereocenters. The van der Waals surface area contributed by atoms with Crippen molar-refractivity contribution >= 4 is 16.8 Å². The third-order valence-electron chi connectivity index (χ3n) is 4.97. The number of hydrogen-bond donors (Lipinski definition) is 0. The van der Waals surface area contributed by atoms with Crippen molar-refractivity contribution in [2.45, 2.75) is 71.8 Å². The molecule has 0 bridgehead atoms. The molecule has 0 radical (unpaired) electrons. The molecule has 1 aliphatic rings. The minimum atomic E-state index is -0.442. The summed E-state index contributed by atoms with van der Waals surface area (Å²) in [5.74, 6) is 0.659. The smallest absolute Gasteiger partial charge is 0.152 e. The van der Waals surface area contributed by atoms with Gasteiger partial charge in [0.2, 0.25) is 0 Å². The average molecular weight is 355 g/mol. The molecule has 0 amide bonds. The normalized spacial score (nSPS) is 15.0. The molecule has 1 aromatic carbocycles. The van der Waals surface area contributed by atoms with Gasteiger partial charge in [0.15, 0.2) is 5.82 Å². The second-order valence-electron chi connectivity index (χ2n) is 8.55. The van der Waals surface area contributed by atoms with Crippen LogP contribution in [0.4, 0.5) is 4.39 Å². The van der Waals surface area contributed by atoms with Gasteiger partial charge in [-0.25, -0.2) is 9.37 Å². The summed E-state index contributed by atoms with van der Waals surface area (Å²) in [6.07, 6.45) is 5.75. The van der Waals surface area contributed by atoms with E-state index in [0.29, 0.717) is 41.9 Å². The van der Waals surface area contributed by atoms with Gasteiger partial charge in [-0.1, -0.05) is 20.8 Å². The monoisotopic (exact) mass is 355 g/mol. The number of aryl methyl sites for hydroxylation is 1. The fourth-order valence-corrected chi connectivity index (χ4v) is 3.62. The van der Waals surface area contributed by atoms with E-state index >= 15 is 0 Å². The molecule has 0 N–H and O–H groups in total. The van der Waals surface area contributed by atoms with Crippen molar-refractivity contribution in [2.24, 2.45) is 5.41 Å². The summed E-state index contributed by atoms with van der Waals surface area (Å²) in [6.45, 7) is 6.20. The number of carbonyl (C=O) groups excluding carboxylic acids is 1. The zero-order valence-corrected chi connectivity index (χ0v) is 15.8. The van der Waals surface area contributed by atoms with Crippen molar-refractivity contribution < 1.29 is 9.18 Å². The van der Waals surface area contributed by atoms with Crippen LogP contribution in [0.1, 0.15) is 76.7 Å². The maximum atomic E-state index is 14.4. The van der Waals surface area contributed by atoms with Crippen LogP contribution in [0.25, 0.3) is 11.0 Å². The molecular weight excluding hydrogens is 329 g/mol. The number of carbonyl (C=O) groups is 1. The second-order valence-corrected chi connectivity index (χ2v) is 8.55. The number of aromatic nitrogens is 2. The molecule has 1 heterocycles. The maximum absolute atomic E-state index is 14.4. The van der Waals surface area contributed by atoms with Gasteiger partial charge in [-0.05, 0) is 43.2 Å². The van der Waals surface area contributed by atoms with E-state index < -0.39 is 5.82 Å². The van der Waals surface area contributed by atoms with Crippen LogP contribution in [0.3, 0.4) is 0 Å².